The van der Waals surface area contributed by atoms with Crippen LogP contribution in [0.3, 0.4) is 0 Å². The van der Waals surface area contributed by atoms with Gasteiger partial charge in [-0.2, -0.15) is 0 Å². The molecule has 1 saturated heterocycles. The van der Waals surface area contributed by atoms with Crippen molar-refractivity contribution in [3.8, 4) is 5.75 Å². The maximum absolute atomic E-state index is 9.25. The lowest BCUT2D eigenvalue weighted by Gasteiger charge is -2.20. The van der Waals surface area contributed by atoms with Gasteiger partial charge < -0.3 is 14.6 Å². The summed E-state index contributed by atoms with van der Waals surface area (Å²) >= 11 is 0. The van der Waals surface area contributed by atoms with E-state index in [0.717, 1.165) is 37.6 Å². The Morgan fingerprint density at radius 3 is 2.90 bits per heavy atom. The van der Waals surface area contributed by atoms with Crippen molar-refractivity contribution in [2.75, 3.05) is 46.6 Å². The third kappa shape index (κ3) is 4.63. The Hall–Kier alpha value is -1.36. The van der Waals surface area contributed by atoms with Crippen LogP contribution in [0, 0.1) is 5.92 Å². The average Bonchev–Trinajstić information content (AvgIpc) is 2.73. The Morgan fingerprint density at radius 1 is 1.40 bits per heavy atom. The molecule has 0 radical (unpaired) electrons. The lowest BCUT2D eigenvalue weighted by atomic mass is 10.1. The number of benzene rings is 1. The van der Waals surface area contributed by atoms with Crippen molar-refractivity contribution in [1.82, 2.24) is 4.90 Å². The van der Waals surface area contributed by atoms with E-state index in [1.165, 1.54) is 0 Å². The minimum absolute atomic E-state index is 0.193. The fraction of sp³-hybridized carbons (Fsp3) is 0.500. The second kappa shape index (κ2) is 8.04. The Labute approximate surface area is 120 Å². The molecular weight excluding hydrogens is 254 g/mol. The van der Waals surface area contributed by atoms with Crippen molar-refractivity contribution in [1.29, 1.82) is 0 Å². The molecule has 1 heterocycles. The highest BCUT2D eigenvalue weighted by Crippen LogP contribution is 2.12. The van der Waals surface area contributed by atoms with Gasteiger partial charge in [0.2, 0.25) is 0 Å². The first kappa shape index (κ1) is 15.0. The maximum Gasteiger partial charge on any atom is 0.118 e. The maximum atomic E-state index is 9.25. The van der Waals surface area contributed by atoms with Gasteiger partial charge in [-0.25, -0.2) is 0 Å². The van der Waals surface area contributed by atoms with E-state index in [9.17, 15) is 5.11 Å². The molecule has 1 N–H and O–H groups in total. The molecule has 110 valence electrons. The number of hydrogen-bond acceptors (Lipinski definition) is 4. The van der Waals surface area contributed by atoms with Crippen LogP contribution in [-0.4, -0.2) is 56.6 Å². The number of nitrogens with zero attached hydrogens (tertiary/aromatic N) is 1. The van der Waals surface area contributed by atoms with Crippen LogP contribution in [-0.2, 0) is 4.74 Å². The highest BCUT2D eigenvalue weighted by atomic mass is 16.5. The van der Waals surface area contributed by atoms with Crippen LogP contribution in [0.4, 0.5) is 0 Å². The summed E-state index contributed by atoms with van der Waals surface area (Å²) in [4.78, 5) is 2.31. The molecule has 4 heteroatoms. The summed E-state index contributed by atoms with van der Waals surface area (Å²) in [6, 6.07) is 8.00. The summed E-state index contributed by atoms with van der Waals surface area (Å²) in [7, 11) is 1.67. The van der Waals surface area contributed by atoms with Crippen LogP contribution < -0.4 is 4.74 Å². The zero-order chi connectivity index (χ0) is 14.2. The molecule has 0 aromatic heterocycles. The highest BCUT2D eigenvalue weighted by Gasteiger charge is 2.16. The van der Waals surface area contributed by atoms with E-state index in [4.69, 9.17) is 9.47 Å². The zero-order valence-corrected chi connectivity index (χ0v) is 12.0. The second-order valence-electron chi connectivity index (χ2n) is 5.06. The quantitative estimate of drug-likeness (QED) is 0.888. The predicted octanol–water partition coefficient (Wildman–Crippen LogP) is 1.65. The van der Waals surface area contributed by atoms with E-state index in [0.29, 0.717) is 6.61 Å². The minimum atomic E-state index is 0.193. The van der Waals surface area contributed by atoms with Crippen LogP contribution in [0.15, 0.2) is 30.3 Å². The van der Waals surface area contributed by atoms with E-state index < -0.39 is 0 Å². The number of rotatable bonds is 5. The second-order valence-corrected chi connectivity index (χ2v) is 5.06. The van der Waals surface area contributed by atoms with Crippen LogP contribution in [0.1, 0.15) is 5.56 Å². The Bertz CT molecular complexity index is 416. The van der Waals surface area contributed by atoms with E-state index >= 15 is 0 Å². The summed E-state index contributed by atoms with van der Waals surface area (Å²) in [6.45, 7) is 4.29. The molecule has 1 fully saturated rings. The molecule has 1 aromatic rings. The molecule has 0 saturated carbocycles. The number of hydrogen-bond donors (Lipinski definition) is 1. The number of aliphatic hydroxyl groups excluding tert-OH is 1. The van der Waals surface area contributed by atoms with Gasteiger partial charge in [-0.05, 0) is 17.7 Å². The molecular formula is C16H23NO3. The van der Waals surface area contributed by atoms with Gasteiger partial charge >= 0.3 is 0 Å². The number of methoxy groups -OCH3 is 1. The third-order valence-corrected chi connectivity index (χ3v) is 3.47. The number of aliphatic hydroxyl groups is 1. The predicted molar refractivity (Wildman–Crippen MR) is 79.9 cm³/mol. The van der Waals surface area contributed by atoms with Crippen molar-refractivity contribution in [3.05, 3.63) is 35.9 Å². The van der Waals surface area contributed by atoms with Gasteiger partial charge in [0.15, 0.2) is 0 Å². The first-order valence-corrected chi connectivity index (χ1v) is 7.03. The van der Waals surface area contributed by atoms with Gasteiger partial charge in [-0.3, -0.25) is 4.90 Å². The van der Waals surface area contributed by atoms with E-state index in [1.807, 2.05) is 24.3 Å². The molecule has 1 atom stereocenters. The van der Waals surface area contributed by atoms with Crippen molar-refractivity contribution in [2.45, 2.75) is 0 Å². The topological polar surface area (TPSA) is 41.9 Å². The largest absolute Gasteiger partial charge is 0.497 e. The average molecular weight is 277 g/mol. The van der Waals surface area contributed by atoms with Crippen molar-refractivity contribution < 1.29 is 14.6 Å². The van der Waals surface area contributed by atoms with Crippen molar-refractivity contribution in [2.24, 2.45) is 5.92 Å². The summed E-state index contributed by atoms with van der Waals surface area (Å²) in [5.74, 6) is 1.10. The molecule has 1 aliphatic rings. The Kier molecular flexibility index (Phi) is 6.05. The first-order chi connectivity index (χ1) is 9.81. The van der Waals surface area contributed by atoms with Crippen LogP contribution in [0.5, 0.6) is 5.75 Å². The standard InChI is InChI=1S/C16H23NO3/c1-19-16-6-4-14(5-7-16)3-2-8-17-9-10-20-13-15(11-17)12-18/h2-7,15,18H,8-13H2,1H3/b3-2+/t15-/m1/s1. The molecule has 1 aromatic carbocycles. The molecule has 2 rings (SSSR count). The highest BCUT2D eigenvalue weighted by molar-refractivity contribution is 5.50. The summed E-state index contributed by atoms with van der Waals surface area (Å²) in [5.41, 5.74) is 1.16. The third-order valence-electron chi connectivity index (χ3n) is 3.47. The minimum Gasteiger partial charge on any atom is -0.497 e. The molecule has 0 spiro atoms. The van der Waals surface area contributed by atoms with E-state index in [-0.39, 0.29) is 12.5 Å². The van der Waals surface area contributed by atoms with Gasteiger partial charge in [0, 0.05) is 32.2 Å². The van der Waals surface area contributed by atoms with Crippen LogP contribution in [0.25, 0.3) is 6.08 Å². The molecule has 20 heavy (non-hydrogen) atoms. The van der Waals surface area contributed by atoms with Gasteiger partial charge in [-0.15, -0.1) is 0 Å². The molecule has 1 aliphatic heterocycles. The SMILES string of the molecule is COc1ccc(/C=C/CN2CCOC[C@@H](CO)C2)cc1. The van der Waals surface area contributed by atoms with Crippen LogP contribution >= 0.6 is 0 Å². The normalized spacial score (nSPS) is 21.0. The van der Waals surface area contributed by atoms with Gasteiger partial charge in [0.1, 0.15) is 5.75 Å². The van der Waals surface area contributed by atoms with Crippen molar-refractivity contribution in [3.63, 3.8) is 0 Å². The van der Waals surface area contributed by atoms with Crippen molar-refractivity contribution >= 4 is 6.08 Å². The number of ether oxygens (including phenoxy) is 2. The molecule has 0 aliphatic carbocycles. The lowest BCUT2D eigenvalue weighted by Crippen LogP contribution is -2.31. The van der Waals surface area contributed by atoms with E-state index in [2.05, 4.69) is 17.1 Å². The first-order valence-electron chi connectivity index (χ1n) is 7.03. The molecule has 0 bridgehead atoms. The zero-order valence-electron chi connectivity index (χ0n) is 12.0. The van der Waals surface area contributed by atoms with Crippen LogP contribution in [0.2, 0.25) is 0 Å². The smallest absolute Gasteiger partial charge is 0.118 e. The summed E-state index contributed by atoms with van der Waals surface area (Å²) < 4.78 is 10.6. The molecule has 4 nitrogen and oxygen atoms in total. The van der Waals surface area contributed by atoms with Gasteiger partial charge in [-0.1, -0.05) is 24.3 Å². The lowest BCUT2D eigenvalue weighted by molar-refractivity contribution is 0.0958. The molecule has 0 unspecified atom stereocenters. The summed E-state index contributed by atoms with van der Waals surface area (Å²) in [6.07, 6.45) is 4.26. The summed E-state index contributed by atoms with van der Waals surface area (Å²) in [5, 5.41) is 9.25. The fourth-order valence-corrected chi connectivity index (χ4v) is 2.28. The Balaban J connectivity index is 1.84. The van der Waals surface area contributed by atoms with Gasteiger partial charge in [0.25, 0.3) is 0 Å². The van der Waals surface area contributed by atoms with Gasteiger partial charge in [0.05, 0.1) is 20.3 Å². The molecule has 0 amide bonds. The fourth-order valence-electron chi connectivity index (χ4n) is 2.28. The van der Waals surface area contributed by atoms with E-state index in [1.54, 1.807) is 7.11 Å². The Morgan fingerprint density at radius 2 is 2.20 bits per heavy atom. The monoisotopic (exact) mass is 277 g/mol.